The van der Waals surface area contributed by atoms with Crippen LogP contribution in [0.25, 0.3) is 0 Å². The van der Waals surface area contributed by atoms with Gasteiger partial charge in [-0.05, 0) is 24.3 Å². The first-order valence-corrected chi connectivity index (χ1v) is 8.37. The van der Waals surface area contributed by atoms with E-state index < -0.39 is 0 Å². The molecule has 1 aromatic rings. The van der Waals surface area contributed by atoms with Crippen molar-refractivity contribution in [3.05, 3.63) is 29.8 Å². The van der Waals surface area contributed by atoms with Crippen LogP contribution in [0.15, 0.2) is 24.3 Å². The average Bonchev–Trinajstić information content (AvgIpc) is 2.46. The Bertz CT molecular complexity index is 396. The highest BCUT2D eigenvalue weighted by Crippen LogP contribution is 2.37. The first-order chi connectivity index (χ1) is 9.26. The van der Waals surface area contributed by atoms with Crippen molar-refractivity contribution in [3.8, 4) is 5.75 Å². The minimum Gasteiger partial charge on any atom is -0.492 e. The fourth-order valence-electron chi connectivity index (χ4n) is 2.35. The third-order valence-electron chi connectivity index (χ3n) is 3.74. The molecule has 0 amide bonds. The van der Waals surface area contributed by atoms with Crippen LogP contribution >= 0.6 is 11.8 Å². The van der Waals surface area contributed by atoms with Crippen LogP contribution in [0.4, 0.5) is 0 Å². The third-order valence-corrected chi connectivity index (χ3v) is 5.34. The maximum Gasteiger partial charge on any atom is 0.124 e. The van der Waals surface area contributed by atoms with E-state index in [4.69, 9.17) is 4.74 Å². The molecule has 0 aliphatic carbocycles. The predicted octanol–water partition coefficient (Wildman–Crippen LogP) is 3.88. The van der Waals surface area contributed by atoms with E-state index in [1.165, 1.54) is 17.7 Å². The van der Waals surface area contributed by atoms with E-state index in [-0.39, 0.29) is 0 Å². The minimum absolute atomic E-state index is 0.420. The molecule has 1 aliphatic heterocycles. The second kappa shape index (κ2) is 7.20. The van der Waals surface area contributed by atoms with E-state index in [0.29, 0.717) is 11.3 Å². The summed E-state index contributed by atoms with van der Waals surface area (Å²) < 4.78 is 5.92. The van der Waals surface area contributed by atoms with Crippen LogP contribution in [-0.2, 0) is 0 Å². The van der Waals surface area contributed by atoms with Crippen molar-refractivity contribution in [2.45, 2.75) is 38.5 Å². The number of thioether (sulfide) groups is 1. The zero-order valence-corrected chi connectivity index (χ0v) is 13.0. The van der Waals surface area contributed by atoms with Gasteiger partial charge in [0.15, 0.2) is 0 Å². The van der Waals surface area contributed by atoms with Gasteiger partial charge in [0.1, 0.15) is 12.4 Å². The first-order valence-electron chi connectivity index (χ1n) is 7.33. The molecule has 2 nitrogen and oxygen atoms in total. The standard InChI is InChI=1S/C16H25NOS/c1-4-12(3)11-19-15-10-18-14-9-7-6-8-13(14)16(15)17-5-2/h6-9,12,15-17H,4-5,10-11H2,1-3H3. The molecule has 0 fully saturated rings. The molecular weight excluding hydrogens is 254 g/mol. The summed E-state index contributed by atoms with van der Waals surface area (Å²) in [4.78, 5) is 0. The molecule has 0 saturated heterocycles. The summed E-state index contributed by atoms with van der Waals surface area (Å²) in [6.45, 7) is 8.58. The van der Waals surface area contributed by atoms with Gasteiger partial charge in [0.05, 0.1) is 11.3 Å². The van der Waals surface area contributed by atoms with Crippen LogP contribution in [-0.4, -0.2) is 24.2 Å². The highest BCUT2D eigenvalue weighted by molar-refractivity contribution is 8.00. The van der Waals surface area contributed by atoms with Crippen molar-refractivity contribution in [3.63, 3.8) is 0 Å². The van der Waals surface area contributed by atoms with Gasteiger partial charge in [-0.25, -0.2) is 0 Å². The molecule has 3 heteroatoms. The van der Waals surface area contributed by atoms with Crippen LogP contribution in [0.2, 0.25) is 0 Å². The number of ether oxygens (including phenoxy) is 1. The minimum atomic E-state index is 0.420. The highest BCUT2D eigenvalue weighted by Gasteiger charge is 2.30. The maximum absolute atomic E-state index is 5.92. The van der Waals surface area contributed by atoms with Gasteiger partial charge in [0.25, 0.3) is 0 Å². The number of para-hydroxylation sites is 1. The van der Waals surface area contributed by atoms with Crippen LogP contribution in [0, 0.1) is 5.92 Å². The molecule has 1 aliphatic rings. The lowest BCUT2D eigenvalue weighted by Gasteiger charge is -2.34. The van der Waals surface area contributed by atoms with Crippen molar-refractivity contribution in [2.24, 2.45) is 5.92 Å². The normalized spacial score (nSPS) is 23.5. The summed E-state index contributed by atoms with van der Waals surface area (Å²) >= 11 is 2.05. The van der Waals surface area contributed by atoms with E-state index in [1.807, 2.05) is 0 Å². The quantitative estimate of drug-likeness (QED) is 0.854. The van der Waals surface area contributed by atoms with Crippen molar-refractivity contribution in [1.82, 2.24) is 5.32 Å². The molecule has 0 saturated carbocycles. The Hall–Kier alpha value is -0.670. The lowest BCUT2D eigenvalue weighted by atomic mass is 10.0. The molecule has 106 valence electrons. The lowest BCUT2D eigenvalue weighted by molar-refractivity contribution is 0.261. The van der Waals surface area contributed by atoms with Crippen molar-refractivity contribution in [1.29, 1.82) is 0 Å². The summed E-state index contributed by atoms with van der Waals surface area (Å²) in [5.74, 6) is 3.05. The Kier molecular flexibility index (Phi) is 5.59. The van der Waals surface area contributed by atoms with E-state index >= 15 is 0 Å². The molecule has 1 heterocycles. The summed E-state index contributed by atoms with van der Waals surface area (Å²) in [6, 6.07) is 8.85. The molecule has 3 unspecified atom stereocenters. The van der Waals surface area contributed by atoms with Gasteiger partial charge in [-0.15, -0.1) is 0 Å². The number of nitrogens with one attached hydrogen (secondary N) is 1. The zero-order chi connectivity index (χ0) is 13.7. The van der Waals surface area contributed by atoms with Crippen LogP contribution in [0.5, 0.6) is 5.75 Å². The molecule has 0 aromatic heterocycles. The highest BCUT2D eigenvalue weighted by atomic mass is 32.2. The molecule has 2 rings (SSSR count). The molecule has 0 spiro atoms. The van der Waals surface area contributed by atoms with Crippen LogP contribution < -0.4 is 10.1 Å². The summed E-state index contributed by atoms with van der Waals surface area (Å²) in [5.41, 5.74) is 1.32. The molecule has 1 N–H and O–H groups in total. The molecule has 19 heavy (non-hydrogen) atoms. The number of benzene rings is 1. The lowest BCUT2D eigenvalue weighted by Crippen LogP contribution is -2.37. The van der Waals surface area contributed by atoms with Gasteiger partial charge in [-0.3, -0.25) is 0 Å². The molecule has 3 atom stereocenters. The number of hydrogen-bond acceptors (Lipinski definition) is 3. The van der Waals surface area contributed by atoms with Crippen LogP contribution in [0.1, 0.15) is 38.8 Å². The van der Waals surface area contributed by atoms with Gasteiger partial charge in [-0.1, -0.05) is 45.4 Å². The molecule has 1 aromatic carbocycles. The second-order valence-electron chi connectivity index (χ2n) is 5.27. The third kappa shape index (κ3) is 3.67. The summed E-state index contributed by atoms with van der Waals surface area (Å²) in [7, 11) is 0. The summed E-state index contributed by atoms with van der Waals surface area (Å²) in [5, 5.41) is 4.15. The monoisotopic (exact) mass is 279 g/mol. The average molecular weight is 279 g/mol. The van der Waals surface area contributed by atoms with Crippen molar-refractivity contribution >= 4 is 11.8 Å². The van der Waals surface area contributed by atoms with Gasteiger partial charge in [-0.2, -0.15) is 11.8 Å². The second-order valence-corrected chi connectivity index (χ2v) is 6.54. The van der Waals surface area contributed by atoms with Crippen molar-refractivity contribution < 1.29 is 4.74 Å². The van der Waals surface area contributed by atoms with Gasteiger partial charge in [0, 0.05) is 5.56 Å². The van der Waals surface area contributed by atoms with E-state index in [0.717, 1.165) is 24.8 Å². The smallest absolute Gasteiger partial charge is 0.124 e. The Morgan fingerprint density at radius 2 is 2.16 bits per heavy atom. The van der Waals surface area contributed by atoms with Gasteiger partial charge in [0.2, 0.25) is 0 Å². The Balaban J connectivity index is 2.08. The van der Waals surface area contributed by atoms with E-state index in [9.17, 15) is 0 Å². The number of fused-ring (bicyclic) bond motifs is 1. The van der Waals surface area contributed by atoms with Crippen molar-refractivity contribution in [2.75, 3.05) is 18.9 Å². The Labute approximate surface area is 121 Å². The van der Waals surface area contributed by atoms with Gasteiger partial charge < -0.3 is 10.1 Å². The maximum atomic E-state index is 5.92. The number of hydrogen-bond donors (Lipinski definition) is 1. The Morgan fingerprint density at radius 3 is 2.89 bits per heavy atom. The van der Waals surface area contributed by atoms with E-state index in [1.54, 1.807) is 0 Å². The van der Waals surface area contributed by atoms with Gasteiger partial charge >= 0.3 is 0 Å². The topological polar surface area (TPSA) is 21.3 Å². The summed E-state index contributed by atoms with van der Waals surface area (Å²) in [6.07, 6.45) is 1.25. The zero-order valence-electron chi connectivity index (χ0n) is 12.2. The molecular formula is C16H25NOS. The number of rotatable bonds is 6. The molecule has 0 bridgehead atoms. The predicted molar refractivity (Wildman–Crippen MR) is 84.1 cm³/mol. The fourth-order valence-corrected chi connectivity index (χ4v) is 3.76. The first kappa shape index (κ1) is 14.7. The van der Waals surface area contributed by atoms with E-state index in [2.05, 4.69) is 62.1 Å². The molecule has 0 radical (unpaired) electrons. The van der Waals surface area contributed by atoms with Crippen LogP contribution in [0.3, 0.4) is 0 Å². The SMILES string of the molecule is CCNC1c2ccccc2OCC1SCC(C)CC. The fraction of sp³-hybridized carbons (Fsp3) is 0.625. The largest absolute Gasteiger partial charge is 0.492 e. The Morgan fingerprint density at radius 1 is 1.37 bits per heavy atom.